The highest BCUT2D eigenvalue weighted by molar-refractivity contribution is 5.66. The van der Waals surface area contributed by atoms with E-state index in [1.807, 2.05) is 36.4 Å². The maximum atomic E-state index is 9.29. The molecule has 1 heterocycles. The lowest BCUT2D eigenvalue weighted by Crippen LogP contribution is -2.33. The van der Waals surface area contributed by atoms with Crippen molar-refractivity contribution in [2.24, 2.45) is 0 Å². The predicted octanol–water partition coefficient (Wildman–Crippen LogP) is 2.71. The number of rotatable bonds is 1. The van der Waals surface area contributed by atoms with E-state index in [1.165, 1.54) is 0 Å². The van der Waals surface area contributed by atoms with Gasteiger partial charge in [-0.2, -0.15) is 5.26 Å². The van der Waals surface area contributed by atoms with Gasteiger partial charge in [-0.3, -0.25) is 0 Å². The number of nitrogen functional groups attached to an aromatic ring is 1. The van der Waals surface area contributed by atoms with Crippen molar-refractivity contribution in [3.63, 3.8) is 0 Å². The zero-order chi connectivity index (χ0) is 13.2. The fourth-order valence-electron chi connectivity index (χ4n) is 2.21. The molecule has 4 nitrogen and oxygen atoms in total. The third-order valence-electron chi connectivity index (χ3n) is 3.14. The fraction of sp³-hybridized carbons (Fsp3) is 0.133. The van der Waals surface area contributed by atoms with Gasteiger partial charge < -0.3 is 15.8 Å². The quantitative estimate of drug-likeness (QED) is 0.764. The molecule has 0 bridgehead atoms. The van der Waals surface area contributed by atoms with Gasteiger partial charge in [0.1, 0.15) is 5.75 Å². The molecular weight excluding hydrogens is 238 g/mol. The van der Waals surface area contributed by atoms with Crippen LogP contribution in [-0.2, 0) is 0 Å². The number of fused-ring (bicyclic) bond motifs is 1. The van der Waals surface area contributed by atoms with Gasteiger partial charge in [-0.1, -0.05) is 30.3 Å². The largest absolute Gasteiger partial charge is 0.480 e. The van der Waals surface area contributed by atoms with E-state index >= 15 is 0 Å². The summed E-state index contributed by atoms with van der Waals surface area (Å²) < 4.78 is 5.94. The van der Waals surface area contributed by atoms with E-state index in [2.05, 4.69) is 11.4 Å². The van der Waals surface area contributed by atoms with E-state index in [1.54, 1.807) is 12.1 Å². The molecular formula is C15H13N3O. The molecule has 94 valence electrons. The zero-order valence-corrected chi connectivity index (χ0v) is 10.2. The van der Waals surface area contributed by atoms with Crippen LogP contribution in [-0.4, -0.2) is 6.04 Å². The molecule has 0 aromatic heterocycles. The number of hydrogen-bond donors (Lipinski definition) is 2. The van der Waals surface area contributed by atoms with E-state index in [4.69, 9.17) is 10.5 Å². The lowest BCUT2D eigenvalue weighted by atomic mass is 10.0. The first-order valence-corrected chi connectivity index (χ1v) is 6.05. The average Bonchev–Trinajstić information content (AvgIpc) is 2.46. The monoisotopic (exact) mass is 251 g/mol. The van der Waals surface area contributed by atoms with Gasteiger partial charge in [-0.15, -0.1) is 0 Å². The second-order valence-electron chi connectivity index (χ2n) is 4.46. The van der Waals surface area contributed by atoms with Crippen LogP contribution in [0.1, 0.15) is 11.7 Å². The van der Waals surface area contributed by atoms with E-state index in [0.717, 1.165) is 17.0 Å². The summed E-state index contributed by atoms with van der Waals surface area (Å²) in [6, 6.07) is 16.9. The minimum Gasteiger partial charge on any atom is -0.480 e. The summed E-state index contributed by atoms with van der Waals surface area (Å²) in [7, 11) is 0. The van der Waals surface area contributed by atoms with Crippen LogP contribution in [0.2, 0.25) is 0 Å². The van der Waals surface area contributed by atoms with Gasteiger partial charge >= 0.3 is 0 Å². The van der Waals surface area contributed by atoms with Crippen molar-refractivity contribution in [3.8, 4) is 11.8 Å². The van der Waals surface area contributed by atoms with Gasteiger partial charge in [0.15, 0.2) is 12.1 Å². The second-order valence-corrected chi connectivity index (χ2v) is 4.46. The fourth-order valence-corrected chi connectivity index (χ4v) is 2.21. The Labute approximate surface area is 111 Å². The Morgan fingerprint density at radius 2 is 1.95 bits per heavy atom. The molecule has 2 atom stereocenters. The summed E-state index contributed by atoms with van der Waals surface area (Å²) >= 11 is 0. The molecule has 0 spiro atoms. The normalized spacial score (nSPS) is 20.6. The van der Waals surface area contributed by atoms with Crippen molar-refractivity contribution in [3.05, 3.63) is 54.1 Å². The molecule has 3 rings (SSSR count). The minimum absolute atomic E-state index is 0.317. The molecule has 2 unspecified atom stereocenters. The summed E-state index contributed by atoms with van der Waals surface area (Å²) in [4.78, 5) is 0. The lowest BCUT2D eigenvalue weighted by molar-refractivity contribution is 0.190. The van der Waals surface area contributed by atoms with Crippen LogP contribution < -0.4 is 15.8 Å². The second kappa shape index (κ2) is 4.54. The standard InChI is InChI=1S/C15H13N3O/c16-9-13-15(10-4-2-1-3-5-10)19-14-7-6-11(17)8-12(14)18-13/h1-8,13,15,18H,17H2. The van der Waals surface area contributed by atoms with Crippen molar-refractivity contribution < 1.29 is 4.74 Å². The Balaban J connectivity index is 2.00. The number of hydrogen-bond acceptors (Lipinski definition) is 4. The molecule has 4 heteroatoms. The molecule has 0 amide bonds. The molecule has 1 aliphatic heterocycles. The maximum absolute atomic E-state index is 9.29. The number of nitrogens with one attached hydrogen (secondary N) is 1. The van der Waals surface area contributed by atoms with Crippen molar-refractivity contribution >= 4 is 11.4 Å². The molecule has 0 radical (unpaired) electrons. The third kappa shape index (κ3) is 2.06. The molecule has 1 aliphatic rings. The van der Waals surface area contributed by atoms with Gasteiger partial charge in [0.2, 0.25) is 0 Å². The summed E-state index contributed by atoms with van der Waals surface area (Å²) in [5.41, 5.74) is 8.12. The Bertz CT molecular complexity index is 634. The van der Waals surface area contributed by atoms with Gasteiger partial charge in [-0.05, 0) is 23.8 Å². The van der Waals surface area contributed by atoms with Gasteiger partial charge in [0, 0.05) is 5.69 Å². The number of benzene rings is 2. The molecule has 19 heavy (non-hydrogen) atoms. The van der Waals surface area contributed by atoms with Crippen LogP contribution in [0.5, 0.6) is 5.75 Å². The van der Waals surface area contributed by atoms with Crippen molar-refractivity contribution in [1.82, 2.24) is 0 Å². The zero-order valence-electron chi connectivity index (χ0n) is 10.2. The topological polar surface area (TPSA) is 71.1 Å². The van der Waals surface area contributed by atoms with E-state index in [9.17, 15) is 5.26 Å². The number of nitrogens with two attached hydrogens (primary N) is 1. The third-order valence-corrected chi connectivity index (χ3v) is 3.14. The van der Waals surface area contributed by atoms with Crippen molar-refractivity contribution in [1.29, 1.82) is 5.26 Å². The van der Waals surface area contributed by atoms with Crippen LogP contribution in [0.3, 0.4) is 0 Å². The summed E-state index contributed by atoms with van der Waals surface area (Å²) in [5.74, 6) is 0.717. The number of anilines is 2. The Kier molecular flexibility index (Phi) is 2.73. The first-order chi connectivity index (χ1) is 9.28. The highest BCUT2D eigenvalue weighted by Crippen LogP contribution is 2.38. The van der Waals surface area contributed by atoms with Crippen LogP contribution in [0.15, 0.2) is 48.5 Å². The predicted molar refractivity (Wildman–Crippen MR) is 73.7 cm³/mol. The number of nitriles is 1. The van der Waals surface area contributed by atoms with Gasteiger partial charge in [-0.25, -0.2) is 0 Å². The number of nitrogens with zero attached hydrogens (tertiary/aromatic N) is 1. The highest BCUT2D eigenvalue weighted by Gasteiger charge is 2.30. The molecule has 2 aromatic carbocycles. The molecule has 0 saturated heterocycles. The summed E-state index contributed by atoms with van der Waals surface area (Å²) in [5, 5.41) is 12.5. The molecule has 0 saturated carbocycles. The van der Waals surface area contributed by atoms with Gasteiger partial charge in [0.05, 0.1) is 11.8 Å². The minimum atomic E-state index is -0.434. The van der Waals surface area contributed by atoms with E-state index in [-0.39, 0.29) is 6.10 Å². The van der Waals surface area contributed by atoms with Gasteiger partial charge in [0.25, 0.3) is 0 Å². The average molecular weight is 251 g/mol. The Hall–Kier alpha value is -2.67. The van der Waals surface area contributed by atoms with Crippen LogP contribution >= 0.6 is 0 Å². The smallest absolute Gasteiger partial charge is 0.157 e. The van der Waals surface area contributed by atoms with Crippen LogP contribution in [0.4, 0.5) is 11.4 Å². The Morgan fingerprint density at radius 3 is 2.68 bits per heavy atom. The maximum Gasteiger partial charge on any atom is 0.157 e. The molecule has 2 aromatic rings. The molecule has 0 aliphatic carbocycles. The van der Waals surface area contributed by atoms with E-state index in [0.29, 0.717) is 5.69 Å². The summed E-state index contributed by atoms with van der Waals surface area (Å²) in [6.07, 6.45) is -0.317. The van der Waals surface area contributed by atoms with E-state index < -0.39 is 6.04 Å². The Morgan fingerprint density at radius 1 is 1.16 bits per heavy atom. The van der Waals surface area contributed by atoms with Crippen molar-refractivity contribution in [2.45, 2.75) is 12.1 Å². The first-order valence-electron chi connectivity index (χ1n) is 6.05. The first kappa shape index (κ1) is 11.4. The van der Waals surface area contributed by atoms with Crippen LogP contribution in [0.25, 0.3) is 0 Å². The van der Waals surface area contributed by atoms with Crippen LogP contribution in [0, 0.1) is 11.3 Å². The molecule has 3 N–H and O–H groups in total. The highest BCUT2D eigenvalue weighted by atomic mass is 16.5. The SMILES string of the molecule is N#CC1Nc2cc(N)ccc2OC1c1ccccc1. The summed E-state index contributed by atoms with van der Waals surface area (Å²) in [6.45, 7) is 0. The number of ether oxygens (including phenoxy) is 1. The molecule has 0 fully saturated rings. The van der Waals surface area contributed by atoms with Crippen molar-refractivity contribution in [2.75, 3.05) is 11.1 Å². The lowest BCUT2D eigenvalue weighted by Gasteiger charge is -2.31.